The first-order valence-electron chi connectivity index (χ1n) is 9.08. The van der Waals surface area contributed by atoms with Crippen LogP contribution in [0.25, 0.3) is 0 Å². The van der Waals surface area contributed by atoms with Crippen LogP contribution in [-0.2, 0) is 6.42 Å². The summed E-state index contributed by atoms with van der Waals surface area (Å²) in [5.41, 5.74) is 1.43. The minimum absolute atomic E-state index is 0.0570. The van der Waals surface area contributed by atoms with Crippen LogP contribution in [0.15, 0.2) is 59.3 Å². The van der Waals surface area contributed by atoms with Crippen molar-refractivity contribution >= 4 is 5.91 Å². The van der Waals surface area contributed by atoms with Gasteiger partial charge in [0, 0.05) is 25.7 Å². The van der Waals surface area contributed by atoms with Crippen molar-refractivity contribution in [1.29, 1.82) is 0 Å². The molecule has 6 heteroatoms. The SMILES string of the molecule is O=C(c1ccccn1)N1CCC[C@H](c2ncc(Cc3ccc(F)cc3)o2)C1. The maximum Gasteiger partial charge on any atom is 0.272 e. The molecule has 0 radical (unpaired) electrons. The Morgan fingerprint density at radius 2 is 2.04 bits per heavy atom. The second-order valence-corrected chi connectivity index (χ2v) is 6.77. The molecule has 0 spiro atoms. The molecule has 1 aliphatic rings. The van der Waals surface area contributed by atoms with Gasteiger partial charge in [-0.3, -0.25) is 9.78 Å². The van der Waals surface area contributed by atoms with E-state index in [0.29, 0.717) is 24.6 Å². The number of pyridine rings is 1. The van der Waals surface area contributed by atoms with Crippen molar-refractivity contribution in [2.75, 3.05) is 13.1 Å². The number of rotatable bonds is 4. The topological polar surface area (TPSA) is 59.2 Å². The Labute approximate surface area is 156 Å². The van der Waals surface area contributed by atoms with Crippen molar-refractivity contribution in [2.24, 2.45) is 0 Å². The molecule has 2 aromatic heterocycles. The van der Waals surface area contributed by atoms with Gasteiger partial charge in [-0.1, -0.05) is 18.2 Å². The standard InChI is InChI=1S/C21H20FN3O2/c22-17-8-6-15(7-9-17)12-18-13-24-20(27-18)16-4-3-11-25(14-16)21(26)19-5-1-2-10-23-19/h1-2,5-10,13,16H,3-4,11-12,14H2/t16-/m0/s1. The molecule has 3 aromatic rings. The highest BCUT2D eigenvalue weighted by atomic mass is 19.1. The van der Waals surface area contributed by atoms with Gasteiger partial charge in [0.15, 0.2) is 5.89 Å². The summed E-state index contributed by atoms with van der Waals surface area (Å²) in [6, 6.07) is 11.7. The van der Waals surface area contributed by atoms with Crippen molar-refractivity contribution in [3.8, 4) is 0 Å². The molecule has 27 heavy (non-hydrogen) atoms. The lowest BCUT2D eigenvalue weighted by atomic mass is 9.97. The Bertz CT molecular complexity index is 909. The number of piperidine rings is 1. The lowest BCUT2D eigenvalue weighted by Crippen LogP contribution is -2.39. The highest BCUT2D eigenvalue weighted by molar-refractivity contribution is 5.92. The van der Waals surface area contributed by atoms with Crippen LogP contribution in [0, 0.1) is 5.82 Å². The maximum absolute atomic E-state index is 13.0. The maximum atomic E-state index is 13.0. The lowest BCUT2D eigenvalue weighted by Gasteiger charge is -2.31. The zero-order valence-corrected chi connectivity index (χ0v) is 14.8. The number of amides is 1. The monoisotopic (exact) mass is 365 g/mol. The van der Waals surface area contributed by atoms with Crippen LogP contribution in [0.2, 0.25) is 0 Å². The molecule has 1 atom stereocenters. The molecule has 138 valence electrons. The fourth-order valence-electron chi connectivity index (χ4n) is 3.41. The second kappa shape index (κ2) is 7.70. The van der Waals surface area contributed by atoms with E-state index < -0.39 is 0 Å². The lowest BCUT2D eigenvalue weighted by molar-refractivity contribution is 0.0692. The predicted octanol–water partition coefficient (Wildman–Crippen LogP) is 3.82. The number of nitrogens with zero attached hydrogens (tertiary/aromatic N) is 3. The number of benzene rings is 1. The number of hydrogen-bond acceptors (Lipinski definition) is 4. The number of carbonyl (C=O) groups is 1. The molecule has 4 rings (SSSR count). The summed E-state index contributed by atoms with van der Waals surface area (Å²) < 4.78 is 19.0. The molecule has 0 aliphatic carbocycles. The fourth-order valence-corrected chi connectivity index (χ4v) is 3.41. The minimum Gasteiger partial charge on any atom is -0.445 e. The van der Waals surface area contributed by atoms with Gasteiger partial charge in [0.2, 0.25) is 0 Å². The summed E-state index contributed by atoms with van der Waals surface area (Å²) in [4.78, 5) is 23.0. The molecule has 5 nitrogen and oxygen atoms in total. The van der Waals surface area contributed by atoms with Gasteiger partial charge in [0.1, 0.15) is 17.3 Å². The van der Waals surface area contributed by atoms with Crippen molar-refractivity contribution in [3.63, 3.8) is 0 Å². The quantitative estimate of drug-likeness (QED) is 0.705. The number of oxazole rings is 1. The zero-order chi connectivity index (χ0) is 18.6. The molecule has 1 aliphatic heterocycles. The molecule has 0 unspecified atom stereocenters. The van der Waals surface area contributed by atoms with Gasteiger partial charge in [-0.15, -0.1) is 0 Å². The third-order valence-corrected chi connectivity index (χ3v) is 4.80. The minimum atomic E-state index is -0.253. The van der Waals surface area contributed by atoms with Crippen LogP contribution in [0.4, 0.5) is 4.39 Å². The van der Waals surface area contributed by atoms with Gasteiger partial charge in [-0.2, -0.15) is 0 Å². The molecule has 1 fully saturated rings. The molecule has 1 saturated heterocycles. The first kappa shape index (κ1) is 17.4. The van der Waals surface area contributed by atoms with E-state index in [2.05, 4.69) is 9.97 Å². The van der Waals surface area contributed by atoms with Gasteiger partial charge in [-0.25, -0.2) is 9.37 Å². The van der Waals surface area contributed by atoms with Crippen LogP contribution in [-0.4, -0.2) is 33.9 Å². The van der Waals surface area contributed by atoms with Crippen LogP contribution in [0.5, 0.6) is 0 Å². The Kier molecular flexibility index (Phi) is 4.96. The predicted molar refractivity (Wildman–Crippen MR) is 97.8 cm³/mol. The van der Waals surface area contributed by atoms with E-state index in [0.717, 1.165) is 30.7 Å². The van der Waals surface area contributed by atoms with Crippen molar-refractivity contribution in [3.05, 3.63) is 83.6 Å². The summed E-state index contributed by atoms with van der Waals surface area (Å²) in [6.45, 7) is 1.29. The van der Waals surface area contributed by atoms with E-state index in [4.69, 9.17) is 4.42 Å². The van der Waals surface area contributed by atoms with Crippen LogP contribution in [0.1, 0.15) is 46.5 Å². The average molecular weight is 365 g/mol. The van der Waals surface area contributed by atoms with E-state index in [1.54, 1.807) is 36.7 Å². The molecule has 0 saturated carbocycles. The van der Waals surface area contributed by atoms with Crippen molar-refractivity contribution in [1.82, 2.24) is 14.9 Å². The van der Waals surface area contributed by atoms with Crippen molar-refractivity contribution in [2.45, 2.75) is 25.2 Å². The molecule has 3 heterocycles. The summed E-state index contributed by atoms with van der Waals surface area (Å²) in [7, 11) is 0. The Morgan fingerprint density at radius 1 is 1.19 bits per heavy atom. The fraction of sp³-hybridized carbons (Fsp3) is 0.286. The smallest absolute Gasteiger partial charge is 0.272 e. The molecular weight excluding hydrogens is 345 g/mol. The second-order valence-electron chi connectivity index (χ2n) is 6.77. The third-order valence-electron chi connectivity index (χ3n) is 4.80. The van der Waals surface area contributed by atoms with E-state index in [1.165, 1.54) is 12.1 Å². The largest absolute Gasteiger partial charge is 0.445 e. The molecule has 0 N–H and O–H groups in total. The molecule has 1 aromatic carbocycles. The van der Waals surface area contributed by atoms with E-state index >= 15 is 0 Å². The highest BCUT2D eigenvalue weighted by Gasteiger charge is 2.28. The van der Waals surface area contributed by atoms with Gasteiger partial charge in [0.25, 0.3) is 5.91 Å². The highest BCUT2D eigenvalue weighted by Crippen LogP contribution is 2.28. The van der Waals surface area contributed by atoms with Crippen molar-refractivity contribution < 1.29 is 13.6 Å². The first-order valence-corrected chi connectivity index (χ1v) is 9.08. The Morgan fingerprint density at radius 3 is 2.81 bits per heavy atom. The van der Waals surface area contributed by atoms with E-state index in [1.807, 2.05) is 11.0 Å². The summed E-state index contributed by atoms with van der Waals surface area (Å²) in [5, 5.41) is 0. The normalized spacial score (nSPS) is 17.1. The summed E-state index contributed by atoms with van der Waals surface area (Å²) in [6.07, 6.45) is 5.75. The molecular formula is C21H20FN3O2. The van der Waals surface area contributed by atoms with Gasteiger partial charge >= 0.3 is 0 Å². The van der Waals surface area contributed by atoms with Gasteiger partial charge < -0.3 is 9.32 Å². The van der Waals surface area contributed by atoms with Gasteiger partial charge in [0.05, 0.1) is 12.1 Å². The molecule has 1 amide bonds. The van der Waals surface area contributed by atoms with E-state index in [-0.39, 0.29) is 17.6 Å². The number of hydrogen-bond donors (Lipinski definition) is 0. The Hall–Kier alpha value is -3.02. The third kappa shape index (κ3) is 4.05. The number of halogens is 1. The molecule has 0 bridgehead atoms. The van der Waals surface area contributed by atoms with Crippen LogP contribution < -0.4 is 0 Å². The zero-order valence-electron chi connectivity index (χ0n) is 14.8. The number of aromatic nitrogens is 2. The summed E-state index contributed by atoms with van der Waals surface area (Å²) >= 11 is 0. The average Bonchev–Trinajstić information content (AvgIpc) is 3.18. The Balaban J connectivity index is 1.43. The van der Waals surface area contributed by atoms with Gasteiger partial charge in [-0.05, 0) is 42.7 Å². The van der Waals surface area contributed by atoms with E-state index in [9.17, 15) is 9.18 Å². The summed E-state index contributed by atoms with van der Waals surface area (Å²) in [5.74, 6) is 1.17. The number of carbonyl (C=O) groups excluding carboxylic acids is 1. The van der Waals surface area contributed by atoms with Crippen LogP contribution in [0.3, 0.4) is 0 Å². The first-order chi connectivity index (χ1) is 13.2. The number of likely N-dealkylation sites (tertiary alicyclic amines) is 1. The van der Waals surface area contributed by atoms with Crippen LogP contribution >= 0.6 is 0 Å².